The fraction of sp³-hybridized carbons (Fsp3) is 0.350. The topological polar surface area (TPSA) is 72.0 Å². The number of likely N-dealkylation sites (tertiary alicyclic amines) is 1. The monoisotopic (exact) mass is 383 g/mol. The van der Waals surface area contributed by atoms with E-state index < -0.39 is 11.8 Å². The van der Waals surface area contributed by atoms with Crippen LogP contribution in [-0.2, 0) is 22.4 Å². The van der Waals surface area contributed by atoms with Crippen molar-refractivity contribution >= 4 is 29.0 Å². The number of nitrogens with one attached hydrogen (secondary N) is 1. The van der Waals surface area contributed by atoms with Gasteiger partial charge in [0.1, 0.15) is 0 Å². The van der Waals surface area contributed by atoms with Crippen LogP contribution in [-0.4, -0.2) is 50.9 Å². The van der Waals surface area contributed by atoms with E-state index in [0.29, 0.717) is 37.5 Å². The number of aromatic nitrogens is 2. The van der Waals surface area contributed by atoms with Crippen LogP contribution in [0.15, 0.2) is 48.9 Å². The van der Waals surface area contributed by atoms with Gasteiger partial charge in [0.2, 0.25) is 0 Å². The number of pyridine rings is 2. The Morgan fingerprint density at radius 1 is 1.07 bits per heavy atom. The Bertz CT molecular complexity index is 805. The minimum absolute atomic E-state index is 0.0208. The molecular weight excluding hydrogens is 360 g/mol. The summed E-state index contributed by atoms with van der Waals surface area (Å²) in [5, 5.41) is 2.74. The lowest BCUT2D eigenvalue weighted by molar-refractivity contribution is -0.744. The highest BCUT2D eigenvalue weighted by Crippen LogP contribution is 2.23. The lowest BCUT2D eigenvalue weighted by Gasteiger charge is -2.30. The standard InChI is InChI=1S/C20H22N4O2S/c25-19(23-12-8-17-5-1-2-9-22-17)20(26)24(13-3-4-14-24)18(27)15-16-6-10-21-11-7-16/h1-2,5-7,9-11H,3-4,8,12-15H2/p+1. The van der Waals surface area contributed by atoms with Gasteiger partial charge in [-0.15, -0.1) is 0 Å². The molecule has 3 heterocycles. The highest BCUT2D eigenvalue weighted by molar-refractivity contribution is 7.80. The molecule has 1 saturated heterocycles. The molecule has 0 aromatic carbocycles. The molecule has 7 heteroatoms. The van der Waals surface area contributed by atoms with Gasteiger partial charge in [-0.3, -0.25) is 14.8 Å². The third-order valence-corrected chi connectivity index (χ3v) is 5.38. The Morgan fingerprint density at radius 2 is 1.81 bits per heavy atom. The maximum atomic E-state index is 13.0. The normalized spacial score (nSPS) is 15.3. The molecule has 0 unspecified atom stereocenters. The number of amides is 2. The molecule has 0 aliphatic carbocycles. The molecule has 2 amide bonds. The van der Waals surface area contributed by atoms with E-state index in [2.05, 4.69) is 15.3 Å². The van der Waals surface area contributed by atoms with Crippen LogP contribution >= 0.6 is 12.2 Å². The van der Waals surface area contributed by atoms with Crippen molar-refractivity contribution in [3.8, 4) is 0 Å². The third-order valence-electron chi connectivity index (χ3n) is 4.89. The molecule has 2 aromatic rings. The summed E-state index contributed by atoms with van der Waals surface area (Å²) in [5.74, 6) is -1.02. The summed E-state index contributed by atoms with van der Waals surface area (Å²) in [4.78, 5) is 34.3. The molecule has 27 heavy (non-hydrogen) atoms. The highest BCUT2D eigenvalue weighted by atomic mass is 32.1. The molecule has 1 aliphatic rings. The van der Waals surface area contributed by atoms with E-state index >= 15 is 0 Å². The first-order valence-corrected chi connectivity index (χ1v) is 9.55. The number of carbonyl (C=O) groups excluding carboxylic acids is 2. The molecule has 0 bridgehead atoms. The van der Waals surface area contributed by atoms with E-state index in [-0.39, 0.29) is 4.48 Å². The lowest BCUT2D eigenvalue weighted by atomic mass is 10.1. The van der Waals surface area contributed by atoms with Crippen LogP contribution in [0, 0.1) is 0 Å². The van der Waals surface area contributed by atoms with Crippen LogP contribution < -0.4 is 5.32 Å². The number of quaternary nitrogens is 1. The van der Waals surface area contributed by atoms with Crippen LogP contribution in [0.1, 0.15) is 24.1 Å². The van der Waals surface area contributed by atoms with Crippen molar-refractivity contribution in [3.63, 3.8) is 0 Å². The molecule has 140 valence electrons. The first-order chi connectivity index (χ1) is 13.1. The van der Waals surface area contributed by atoms with Crippen LogP contribution in [0.4, 0.5) is 0 Å². The van der Waals surface area contributed by atoms with Crippen molar-refractivity contribution in [2.75, 3.05) is 19.6 Å². The second kappa shape index (κ2) is 8.92. The van der Waals surface area contributed by atoms with E-state index in [1.807, 2.05) is 30.3 Å². The summed E-state index contributed by atoms with van der Waals surface area (Å²) in [6, 6.07) is 9.41. The first-order valence-electron chi connectivity index (χ1n) is 9.14. The van der Waals surface area contributed by atoms with Gasteiger partial charge in [0.05, 0.1) is 19.5 Å². The summed E-state index contributed by atoms with van der Waals surface area (Å²) in [6.45, 7) is 1.56. The summed E-state index contributed by atoms with van der Waals surface area (Å²) in [6.07, 6.45) is 7.99. The summed E-state index contributed by atoms with van der Waals surface area (Å²) < 4.78 is -0.0208. The zero-order chi connectivity index (χ0) is 19.1. The molecule has 3 rings (SSSR count). The van der Waals surface area contributed by atoms with Gasteiger partial charge in [0, 0.05) is 50.1 Å². The molecule has 2 aromatic heterocycles. The van der Waals surface area contributed by atoms with Crippen molar-refractivity contribution in [1.82, 2.24) is 15.3 Å². The second-order valence-electron chi connectivity index (χ2n) is 6.68. The van der Waals surface area contributed by atoms with Crippen LogP contribution in [0.5, 0.6) is 0 Å². The number of hydrogen-bond acceptors (Lipinski definition) is 5. The fourth-order valence-corrected chi connectivity index (χ4v) is 3.82. The van der Waals surface area contributed by atoms with Gasteiger partial charge in [0.15, 0.2) is 4.99 Å². The predicted octanol–water partition coefficient (Wildman–Crippen LogP) is 1.84. The zero-order valence-corrected chi connectivity index (χ0v) is 16.0. The van der Waals surface area contributed by atoms with Crippen molar-refractivity contribution in [1.29, 1.82) is 0 Å². The average molecular weight is 383 g/mol. The quantitative estimate of drug-likeness (QED) is 0.485. The third kappa shape index (κ3) is 4.61. The average Bonchev–Trinajstić information content (AvgIpc) is 3.20. The van der Waals surface area contributed by atoms with Crippen molar-refractivity contribution in [2.24, 2.45) is 0 Å². The van der Waals surface area contributed by atoms with Crippen molar-refractivity contribution < 1.29 is 14.1 Å². The zero-order valence-electron chi connectivity index (χ0n) is 15.1. The SMILES string of the molecule is O=C(NCCc1ccccn1)C(=O)[N+]1(C(=S)Cc2ccncc2)CCCC1. The first kappa shape index (κ1) is 19.3. The maximum Gasteiger partial charge on any atom is 0.409 e. The van der Waals surface area contributed by atoms with Crippen LogP contribution in [0.25, 0.3) is 0 Å². The van der Waals surface area contributed by atoms with Gasteiger partial charge in [-0.1, -0.05) is 6.07 Å². The van der Waals surface area contributed by atoms with Crippen molar-refractivity contribution in [2.45, 2.75) is 25.7 Å². The van der Waals surface area contributed by atoms with E-state index in [9.17, 15) is 9.59 Å². The number of hydrogen-bond donors (Lipinski definition) is 1. The van der Waals surface area contributed by atoms with Crippen molar-refractivity contribution in [3.05, 3.63) is 60.2 Å². The van der Waals surface area contributed by atoms with Gasteiger partial charge in [-0.05, 0) is 42.0 Å². The largest absolute Gasteiger partial charge is 0.409 e. The second-order valence-corrected chi connectivity index (χ2v) is 7.15. The summed E-state index contributed by atoms with van der Waals surface area (Å²) >= 11 is 5.63. The van der Waals surface area contributed by atoms with Gasteiger partial charge in [-0.2, -0.15) is 0 Å². The number of thiocarbonyl (C=S) groups is 1. The van der Waals surface area contributed by atoms with Gasteiger partial charge in [0.25, 0.3) is 0 Å². The minimum Gasteiger partial charge on any atom is -0.344 e. The fourth-order valence-electron chi connectivity index (χ4n) is 3.39. The molecule has 0 spiro atoms. The molecule has 0 atom stereocenters. The van der Waals surface area contributed by atoms with E-state index in [1.54, 1.807) is 18.6 Å². The van der Waals surface area contributed by atoms with Crippen LogP contribution in [0.2, 0.25) is 0 Å². The Kier molecular flexibility index (Phi) is 6.36. The molecule has 1 N–H and O–H groups in total. The number of rotatable bonds is 5. The van der Waals surface area contributed by atoms with Gasteiger partial charge >= 0.3 is 11.8 Å². The molecule has 1 fully saturated rings. The van der Waals surface area contributed by atoms with E-state index in [1.165, 1.54) is 0 Å². The smallest absolute Gasteiger partial charge is 0.344 e. The molecule has 0 radical (unpaired) electrons. The maximum absolute atomic E-state index is 13.0. The van der Waals surface area contributed by atoms with Gasteiger partial charge < -0.3 is 5.32 Å². The van der Waals surface area contributed by atoms with Gasteiger partial charge in [-0.25, -0.2) is 9.28 Å². The molecule has 1 aliphatic heterocycles. The molecule has 0 saturated carbocycles. The highest BCUT2D eigenvalue weighted by Gasteiger charge is 2.47. The Morgan fingerprint density at radius 3 is 2.48 bits per heavy atom. The lowest BCUT2D eigenvalue weighted by Crippen LogP contribution is -2.59. The van der Waals surface area contributed by atoms with Crippen LogP contribution in [0.3, 0.4) is 0 Å². The predicted molar refractivity (Wildman–Crippen MR) is 106 cm³/mol. The molecular formula is C20H23N4O2S+. The summed E-state index contributed by atoms with van der Waals surface area (Å²) in [5.41, 5.74) is 1.88. The number of nitrogens with zero attached hydrogens (tertiary/aromatic N) is 3. The Hall–Kier alpha value is -2.51. The Labute approximate surface area is 164 Å². The summed E-state index contributed by atoms with van der Waals surface area (Å²) in [7, 11) is 0. The Balaban J connectivity index is 1.63. The van der Waals surface area contributed by atoms with E-state index in [4.69, 9.17) is 12.2 Å². The minimum atomic E-state index is -0.565. The number of carbonyl (C=O) groups is 2. The molecule has 6 nitrogen and oxygen atoms in total. The van der Waals surface area contributed by atoms with E-state index in [0.717, 1.165) is 24.1 Å².